The number of amides is 1. The number of carbonyl (C=O) groups is 4. The van der Waals surface area contributed by atoms with Crippen LogP contribution in [-0.4, -0.2) is 71.1 Å². The van der Waals surface area contributed by atoms with Gasteiger partial charge in [0, 0.05) is 27.7 Å². The van der Waals surface area contributed by atoms with Crippen LogP contribution in [0.15, 0.2) is 0 Å². The number of ether oxygens (including phenoxy) is 5. The molecule has 2 aliphatic rings. The van der Waals surface area contributed by atoms with Crippen molar-refractivity contribution >= 4 is 41.2 Å². The monoisotopic (exact) mass is 389 g/mol. The summed E-state index contributed by atoms with van der Waals surface area (Å²) in [4.78, 5) is 47.1. The lowest BCUT2D eigenvalue weighted by Gasteiger charge is -2.24. The molecule has 0 aromatic rings. The van der Waals surface area contributed by atoms with Crippen LogP contribution in [0, 0.1) is 0 Å². The second-order valence-corrected chi connectivity index (χ2v) is 6.13. The maximum Gasteiger partial charge on any atom is 0.305 e. The average molecular weight is 389 g/mol. The zero-order valence-electron chi connectivity index (χ0n) is 14.6. The van der Waals surface area contributed by atoms with Gasteiger partial charge < -0.3 is 23.7 Å². The van der Waals surface area contributed by atoms with Gasteiger partial charge in [-0.3, -0.25) is 24.1 Å². The molecule has 2 rings (SSSR count). The van der Waals surface area contributed by atoms with E-state index in [9.17, 15) is 19.2 Å². The molecule has 2 aliphatic heterocycles. The van der Waals surface area contributed by atoms with Gasteiger partial charge >= 0.3 is 17.9 Å². The summed E-state index contributed by atoms with van der Waals surface area (Å²) in [7, 11) is 0. The van der Waals surface area contributed by atoms with Crippen LogP contribution >= 0.6 is 12.2 Å². The van der Waals surface area contributed by atoms with Gasteiger partial charge in [0.25, 0.3) is 5.17 Å². The number of nitrogens with zero attached hydrogens (tertiary/aromatic N) is 1. The van der Waals surface area contributed by atoms with Gasteiger partial charge in [-0.15, -0.1) is 0 Å². The van der Waals surface area contributed by atoms with Gasteiger partial charge in [-0.25, -0.2) is 0 Å². The molecule has 144 valence electrons. The maximum atomic E-state index is 11.6. The third-order valence-electron chi connectivity index (χ3n) is 3.67. The summed E-state index contributed by atoms with van der Waals surface area (Å²) in [6, 6.07) is 0. The number of carbonyl (C=O) groups excluding carboxylic acids is 4. The minimum Gasteiger partial charge on any atom is -0.462 e. The standard InChI is InChI=1S/C15H19NO9S/c1-6(17)16-5-10(24-15(16)26)11-12(21-7(2)18)13(22-8(3)19)14(25-11)23-9(4)20/h10-14H,5H2,1-4H3/t10-,11-,12+,13-,14-/m1/s1. The van der Waals surface area contributed by atoms with Crippen LogP contribution in [-0.2, 0) is 42.9 Å². The van der Waals surface area contributed by atoms with Crippen molar-refractivity contribution in [3.63, 3.8) is 0 Å². The van der Waals surface area contributed by atoms with Crippen LogP contribution in [0.25, 0.3) is 0 Å². The Labute approximate surface area is 154 Å². The number of hydrogen-bond acceptors (Lipinski definition) is 10. The molecule has 10 nitrogen and oxygen atoms in total. The van der Waals surface area contributed by atoms with E-state index in [-0.39, 0.29) is 17.6 Å². The molecule has 5 atom stereocenters. The Kier molecular flexibility index (Phi) is 6.13. The first-order valence-electron chi connectivity index (χ1n) is 7.76. The van der Waals surface area contributed by atoms with Crippen LogP contribution in [0.2, 0.25) is 0 Å². The second kappa shape index (κ2) is 7.96. The lowest BCUT2D eigenvalue weighted by Crippen LogP contribution is -2.45. The van der Waals surface area contributed by atoms with Crippen LogP contribution < -0.4 is 0 Å². The van der Waals surface area contributed by atoms with Gasteiger partial charge in [-0.05, 0) is 12.2 Å². The van der Waals surface area contributed by atoms with Crippen molar-refractivity contribution in [1.29, 1.82) is 0 Å². The van der Waals surface area contributed by atoms with Crippen molar-refractivity contribution in [2.24, 2.45) is 0 Å². The molecule has 0 spiro atoms. The number of esters is 3. The topological polar surface area (TPSA) is 118 Å². The summed E-state index contributed by atoms with van der Waals surface area (Å²) in [6.07, 6.45) is -5.37. The van der Waals surface area contributed by atoms with E-state index in [0.717, 1.165) is 13.8 Å². The Hall–Kier alpha value is -2.27. The molecule has 0 bridgehead atoms. The lowest BCUT2D eigenvalue weighted by molar-refractivity contribution is -0.197. The Morgan fingerprint density at radius 3 is 1.96 bits per heavy atom. The SMILES string of the molecule is CC(=O)O[C@@H]1O[C@H]([C@H]2CN(C(C)=O)C(=S)O2)[C@H](OC(C)=O)[C@H]1OC(C)=O. The Balaban J connectivity index is 2.28. The molecular weight excluding hydrogens is 370 g/mol. The maximum absolute atomic E-state index is 11.6. The van der Waals surface area contributed by atoms with E-state index < -0.39 is 48.6 Å². The van der Waals surface area contributed by atoms with Gasteiger partial charge in [0.15, 0.2) is 6.10 Å². The molecule has 0 N–H and O–H groups in total. The molecular formula is C15H19NO9S. The molecule has 0 aromatic heterocycles. The fraction of sp³-hybridized carbons (Fsp3) is 0.667. The highest BCUT2D eigenvalue weighted by molar-refractivity contribution is 7.80. The van der Waals surface area contributed by atoms with Crippen molar-refractivity contribution in [1.82, 2.24) is 4.90 Å². The minimum atomic E-state index is -1.30. The van der Waals surface area contributed by atoms with Gasteiger partial charge in [-0.2, -0.15) is 0 Å². The molecule has 2 heterocycles. The summed E-state index contributed by atoms with van der Waals surface area (Å²) < 4.78 is 26.5. The Morgan fingerprint density at radius 2 is 1.50 bits per heavy atom. The molecule has 0 saturated carbocycles. The van der Waals surface area contributed by atoms with Gasteiger partial charge in [0.2, 0.25) is 18.3 Å². The average Bonchev–Trinajstić information content (AvgIpc) is 3.01. The number of hydrogen-bond donors (Lipinski definition) is 0. The first kappa shape index (κ1) is 20.0. The highest BCUT2D eigenvalue weighted by Crippen LogP contribution is 2.33. The van der Waals surface area contributed by atoms with Crippen LogP contribution in [0.5, 0.6) is 0 Å². The van der Waals surface area contributed by atoms with Crippen molar-refractivity contribution in [2.75, 3.05) is 6.54 Å². The first-order chi connectivity index (χ1) is 12.1. The lowest BCUT2D eigenvalue weighted by atomic mass is 10.1. The van der Waals surface area contributed by atoms with E-state index in [1.807, 2.05) is 0 Å². The molecule has 26 heavy (non-hydrogen) atoms. The molecule has 0 radical (unpaired) electrons. The van der Waals surface area contributed by atoms with Crippen molar-refractivity contribution in [2.45, 2.75) is 58.4 Å². The highest BCUT2D eigenvalue weighted by atomic mass is 32.1. The van der Waals surface area contributed by atoms with E-state index in [0.29, 0.717) is 0 Å². The fourth-order valence-corrected chi connectivity index (χ4v) is 3.09. The van der Waals surface area contributed by atoms with Gasteiger partial charge in [-0.1, -0.05) is 0 Å². The zero-order chi connectivity index (χ0) is 19.6. The fourth-order valence-electron chi connectivity index (χ4n) is 2.76. The second-order valence-electron chi connectivity index (χ2n) is 5.78. The van der Waals surface area contributed by atoms with Crippen molar-refractivity contribution in [3.05, 3.63) is 0 Å². The van der Waals surface area contributed by atoms with Gasteiger partial charge in [0.1, 0.15) is 12.2 Å². The molecule has 11 heteroatoms. The quantitative estimate of drug-likeness (QED) is 0.359. The smallest absolute Gasteiger partial charge is 0.305 e. The van der Waals surface area contributed by atoms with E-state index >= 15 is 0 Å². The number of rotatable bonds is 4. The predicted octanol–water partition coefficient (Wildman–Crippen LogP) is -0.330. The zero-order valence-corrected chi connectivity index (χ0v) is 15.4. The first-order valence-corrected chi connectivity index (χ1v) is 8.16. The Bertz CT molecular complexity index is 637. The summed E-state index contributed by atoms with van der Waals surface area (Å²) in [6.45, 7) is 4.85. The van der Waals surface area contributed by atoms with E-state index in [1.165, 1.54) is 18.7 Å². The van der Waals surface area contributed by atoms with Crippen LogP contribution in [0.3, 0.4) is 0 Å². The predicted molar refractivity (Wildman–Crippen MR) is 86.4 cm³/mol. The van der Waals surface area contributed by atoms with E-state index in [2.05, 4.69) is 0 Å². The molecule has 2 saturated heterocycles. The largest absolute Gasteiger partial charge is 0.462 e. The summed E-state index contributed by atoms with van der Waals surface area (Å²) in [5.41, 5.74) is 0. The summed E-state index contributed by atoms with van der Waals surface area (Å²) in [5.74, 6) is -2.34. The van der Waals surface area contributed by atoms with Crippen LogP contribution in [0.1, 0.15) is 27.7 Å². The van der Waals surface area contributed by atoms with Crippen molar-refractivity contribution in [3.8, 4) is 0 Å². The molecule has 0 aliphatic carbocycles. The normalized spacial score (nSPS) is 30.5. The summed E-state index contributed by atoms with van der Waals surface area (Å²) >= 11 is 5.00. The highest BCUT2D eigenvalue weighted by Gasteiger charge is 2.56. The summed E-state index contributed by atoms with van der Waals surface area (Å²) in [5, 5.41) is -0.0485. The Morgan fingerprint density at radius 1 is 0.962 bits per heavy atom. The van der Waals surface area contributed by atoms with E-state index in [4.69, 9.17) is 35.9 Å². The molecule has 0 aromatic carbocycles. The van der Waals surface area contributed by atoms with Gasteiger partial charge in [0.05, 0.1) is 6.54 Å². The number of thiocarbonyl (C=S) groups is 1. The molecule has 0 unspecified atom stereocenters. The third-order valence-corrected chi connectivity index (χ3v) is 3.99. The third kappa shape index (κ3) is 4.47. The minimum absolute atomic E-state index is 0.0485. The van der Waals surface area contributed by atoms with Crippen molar-refractivity contribution < 1.29 is 42.9 Å². The molecule has 2 fully saturated rings. The molecule has 1 amide bonds. The van der Waals surface area contributed by atoms with E-state index in [1.54, 1.807) is 0 Å². The van der Waals surface area contributed by atoms with Crippen LogP contribution in [0.4, 0.5) is 0 Å².